The monoisotopic (exact) mass is 241 g/mol. The molecule has 5 nitrogen and oxygen atoms in total. The maximum atomic E-state index is 12.0. The molecule has 0 aliphatic heterocycles. The fourth-order valence-electron chi connectivity index (χ4n) is 2.03. The van der Waals surface area contributed by atoms with Crippen LogP contribution in [0.25, 0.3) is 0 Å². The summed E-state index contributed by atoms with van der Waals surface area (Å²) in [6.45, 7) is 3.98. The van der Waals surface area contributed by atoms with E-state index >= 15 is 0 Å². The Bertz CT molecular complexity index is 287. The van der Waals surface area contributed by atoms with Gasteiger partial charge in [0.1, 0.15) is 0 Å². The molecule has 1 rings (SSSR count). The van der Waals surface area contributed by atoms with Crippen molar-refractivity contribution in [2.24, 2.45) is 22.7 Å². The zero-order valence-electron chi connectivity index (χ0n) is 10.6. The Labute approximate surface area is 102 Å². The van der Waals surface area contributed by atoms with Crippen molar-refractivity contribution in [2.45, 2.75) is 52.0 Å². The Balaban J connectivity index is 2.45. The van der Waals surface area contributed by atoms with E-state index in [1.54, 1.807) is 0 Å². The smallest absolute Gasteiger partial charge is 0.231 e. The van der Waals surface area contributed by atoms with Gasteiger partial charge in [-0.3, -0.25) is 4.79 Å². The second-order valence-electron chi connectivity index (χ2n) is 4.95. The van der Waals surface area contributed by atoms with E-state index in [2.05, 4.69) is 10.5 Å². The summed E-state index contributed by atoms with van der Waals surface area (Å²) in [5, 5.41) is 14.5. The molecule has 0 aromatic carbocycles. The average molecular weight is 241 g/mol. The van der Waals surface area contributed by atoms with Gasteiger partial charge in [-0.1, -0.05) is 31.3 Å². The number of nitrogens with two attached hydrogens (primary N) is 1. The third kappa shape index (κ3) is 4.63. The predicted molar refractivity (Wildman–Crippen MR) is 66.8 cm³/mol. The summed E-state index contributed by atoms with van der Waals surface area (Å²) in [6, 6.07) is 0.167. The Kier molecular flexibility index (Phi) is 5.25. The van der Waals surface area contributed by atoms with Crippen molar-refractivity contribution in [2.75, 3.05) is 0 Å². The molecular formula is C12H23N3O2. The zero-order valence-corrected chi connectivity index (χ0v) is 10.6. The standard InChI is InChI=1S/C12H23N3O2/c1-3-4-10(11(13)15-17)12(16)14-8(2)7-9-5-6-9/h8-10,17H,3-7H2,1-2H3,(H2,13,15)(H,14,16). The third-order valence-electron chi connectivity index (χ3n) is 3.14. The molecule has 1 fully saturated rings. The minimum Gasteiger partial charge on any atom is -0.409 e. The van der Waals surface area contributed by atoms with Gasteiger partial charge in [0.15, 0.2) is 5.84 Å². The van der Waals surface area contributed by atoms with Crippen LogP contribution in [-0.2, 0) is 4.79 Å². The summed E-state index contributed by atoms with van der Waals surface area (Å²) >= 11 is 0. The molecule has 98 valence electrons. The van der Waals surface area contributed by atoms with E-state index in [1.807, 2.05) is 13.8 Å². The highest BCUT2D eigenvalue weighted by molar-refractivity contribution is 6.02. The normalized spacial score (nSPS) is 19.8. The van der Waals surface area contributed by atoms with Gasteiger partial charge >= 0.3 is 0 Å². The lowest BCUT2D eigenvalue weighted by molar-refractivity contribution is -0.123. The SMILES string of the molecule is CCCC(C(=O)NC(C)CC1CC1)C(N)=NO. The number of oxime groups is 1. The molecule has 1 aliphatic rings. The zero-order chi connectivity index (χ0) is 12.8. The number of rotatable bonds is 7. The van der Waals surface area contributed by atoms with Crippen LogP contribution < -0.4 is 11.1 Å². The highest BCUT2D eigenvalue weighted by atomic mass is 16.4. The van der Waals surface area contributed by atoms with Gasteiger partial charge in [0, 0.05) is 6.04 Å². The van der Waals surface area contributed by atoms with Crippen LogP contribution in [0.15, 0.2) is 5.16 Å². The van der Waals surface area contributed by atoms with Crippen molar-refractivity contribution in [3.63, 3.8) is 0 Å². The van der Waals surface area contributed by atoms with Crippen molar-refractivity contribution in [3.05, 3.63) is 0 Å². The largest absolute Gasteiger partial charge is 0.409 e. The molecule has 4 N–H and O–H groups in total. The number of carbonyl (C=O) groups is 1. The number of nitrogens with zero attached hydrogens (tertiary/aromatic N) is 1. The summed E-state index contributed by atoms with van der Waals surface area (Å²) in [4.78, 5) is 12.0. The van der Waals surface area contributed by atoms with E-state index in [0.717, 1.165) is 18.8 Å². The van der Waals surface area contributed by atoms with Crippen LogP contribution in [0.2, 0.25) is 0 Å². The van der Waals surface area contributed by atoms with Crippen LogP contribution in [0.4, 0.5) is 0 Å². The van der Waals surface area contributed by atoms with E-state index < -0.39 is 5.92 Å². The molecular weight excluding hydrogens is 218 g/mol. The molecule has 2 unspecified atom stereocenters. The fourth-order valence-corrected chi connectivity index (χ4v) is 2.03. The minimum atomic E-state index is -0.508. The number of amidine groups is 1. The summed E-state index contributed by atoms with van der Waals surface area (Å²) in [7, 11) is 0. The molecule has 17 heavy (non-hydrogen) atoms. The molecule has 0 spiro atoms. The number of nitrogens with one attached hydrogen (secondary N) is 1. The highest BCUT2D eigenvalue weighted by Crippen LogP contribution is 2.33. The van der Waals surface area contributed by atoms with Gasteiger partial charge in [-0.25, -0.2) is 0 Å². The number of hydrogen-bond acceptors (Lipinski definition) is 3. The quantitative estimate of drug-likeness (QED) is 0.273. The van der Waals surface area contributed by atoms with E-state index in [-0.39, 0.29) is 17.8 Å². The molecule has 0 bridgehead atoms. The van der Waals surface area contributed by atoms with E-state index in [1.165, 1.54) is 12.8 Å². The third-order valence-corrected chi connectivity index (χ3v) is 3.14. The molecule has 1 saturated carbocycles. The van der Waals surface area contributed by atoms with Gasteiger partial charge < -0.3 is 16.3 Å². The van der Waals surface area contributed by atoms with Gasteiger partial charge in [0.05, 0.1) is 5.92 Å². The maximum Gasteiger partial charge on any atom is 0.231 e. The van der Waals surface area contributed by atoms with Gasteiger partial charge in [-0.2, -0.15) is 0 Å². The number of carbonyl (C=O) groups excluding carboxylic acids is 1. The maximum absolute atomic E-state index is 12.0. The van der Waals surface area contributed by atoms with E-state index in [9.17, 15) is 4.79 Å². The molecule has 0 saturated heterocycles. The van der Waals surface area contributed by atoms with Crippen molar-refractivity contribution in [3.8, 4) is 0 Å². The Morgan fingerprint density at radius 2 is 2.24 bits per heavy atom. The summed E-state index contributed by atoms with van der Waals surface area (Å²) in [5.41, 5.74) is 5.53. The highest BCUT2D eigenvalue weighted by Gasteiger charge is 2.27. The second-order valence-corrected chi connectivity index (χ2v) is 4.95. The minimum absolute atomic E-state index is 0.00275. The Hall–Kier alpha value is -1.26. The van der Waals surface area contributed by atoms with Crippen molar-refractivity contribution in [1.29, 1.82) is 0 Å². The summed E-state index contributed by atoms with van der Waals surface area (Å²) < 4.78 is 0. The first-order chi connectivity index (χ1) is 8.08. The molecule has 0 aromatic heterocycles. The summed E-state index contributed by atoms with van der Waals surface area (Å²) in [6.07, 6.45) is 5.02. The van der Waals surface area contributed by atoms with Crippen LogP contribution in [0.5, 0.6) is 0 Å². The molecule has 5 heteroatoms. The fraction of sp³-hybridized carbons (Fsp3) is 0.833. The lowest BCUT2D eigenvalue weighted by Gasteiger charge is -2.18. The molecule has 1 aliphatic carbocycles. The second kappa shape index (κ2) is 6.47. The number of hydrogen-bond donors (Lipinski definition) is 3. The van der Waals surface area contributed by atoms with E-state index in [0.29, 0.717) is 6.42 Å². The van der Waals surface area contributed by atoms with Crippen molar-refractivity contribution in [1.82, 2.24) is 5.32 Å². The first-order valence-corrected chi connectivity index (χ1v) is 6.36. The van der Waals surface area contributed by atoms with Gasteiger partial charge in [-0.05, 0) is 25.7 Å². The van der Waals surface area contributed by atoms with Gasteiger partial charge in [0.25, 0.3) is 0 Å². The molecule has 2 atom stereocenters. The van der Waals surface area contributed by atoms with Crippen LogP contribution in [0.1, 0.15) is 46.0 Å². The van der Waals surface area contributed by atoms with Crippen molar-refractivity contribution >= 4 is 11.7 Å². The first-order valence-electron chi connectivity index (χ1n) is 6.36. The summed E-state index contributed by atoms with van der Waals surface area (Å²) in [5.74, 6) is 0.142. The first kappa shape index (κ1) is 13.8. The molecule has 0 aromatic rings. The van der Waals surface area contributed by atoms with Crippen LogP contribution in [0.3, 0.4) is 0 Å². The van der Waals surface area contributed by atoms with E-state index in [4.69, 9.17) is 10.9 Å². The van der Waals surface area contributed by atoms with Gasteiger partial charge in [0.2, 0.25) is 5.91 Å². The predicted octanol–water partition coefficient (Wildman–Crippen LogP) is 1.45. The van der Waals surface area contributed by atoms with Gasteiger partial charge in [-0.15, -0.1) is 0 Å². The Morgan fingerprint density at radius 1 is 1.59 bits per heavy atom. The number of amides is 1. The lowest BCUT2D eigenvalue weighted by atomic mass is 10.0. The molecule has 0 heterocycles. The van der Waals surface area contributed by atoms with Crippen LogP contribution >= 0.6 is 0 Å². The average Bonchev–Trinajstić information content (AvgIpc) is 3.08. The van der Waals surface area contributed by atoms with Crippen LogP contribution in [0, 0.1) is 11.8 Å². The lowest BCUT2D eigenvalue weighted by Crippen LogP contribution is -2.42. The van der Waals surface area contributed by atoms with Crippen molar-refractivity contribution < 1.29 is 10.0 Å². The topological polar surface area (TPSA) is 87.7 Å². The Morgan fingerprint density at radius 3 is 2.71 bits per heavy atom. The molecule has 0 radical (unpaired) electrons. The molecule has 1 amide bonds. The van der Waals surface area contributed by atoms with Crippen LogP contribution in [-0.4, -0.2) is 23.0 Å².